The zero-order valence-electron chi connectivity index (χ0n) is 31.6. The van der Waals surface area contributed by atoms with E-state index in [9.17, 15) is 0 Å². The van der Waals surface area contributed by atoms with Gasteiger partial charge >= 0.3 is 0 Å². The number of fused-ring (bicyclic) bond motifs is 9. The van der Waals surface area contributed by atoms with Crippen molar-refractivity contribution in [1.29, 1.82) is 0 Å². The van der Waals surface area contributed by atoms with Crippen LogP contribution in [0.3, 0.4) is 0 Å². The van der Waals surface area contributed by atoms with Crippen LogP contribution in [0.25, 0.3) is 60.6 Å². The van der Waals surface area contributed by atoms with Crippen LogP contribution in [-0.4, -0.2) is 4.57 Å². The normalized spacial score (nSPS) is 13.0. The van der Waals surface area contributed by atoms with Gasteiger partial charge in [-0.1, -0.05) is 146 Å². The highest BCUT2D eigenvalue weighted by atomic mass is 16.3. The zero-order chi connectivity index (χ0) is 38.2. The predicted octanol–water partition coefficient (Wildman–Crippen LogP) is 14.5. The van der Waals surface area contributed by atoms with Gasteiger partial charge in [-0.2, -0.15) is 0 Å². The number of anilines is 3. The van der Waals surface area contributed by atoms with Crippen LogP contribution < -0.4 is 4.90 Å². The first-order valence-corrected chi connectivity index (χ1v) is 19.9. The fraction of sp³-hybridized carbons (Fsp3) is 0.0182. The van der Waals surface area contributed by atoms with E-state index >= 15 is 0 Å². The van der Waals surface area contributed by atoms with Gasteiger partial charge in [0, 0.05) is 50.4 Å². The first-order chi connectivity index (χ1) is 28.8. The van der Waals surface area contributed by atoms with E-state index in [1.165, 1.54) is 55.2 Å². The Morgan fingerprint density at radius 3 is 1.72 bits per heavy atom. The molecule has 12 rings (SSSR count). The summed E-state index contributed by atoms with van der Waals surface area (Å²) in [5, 5.41) is 4.64. The number of para-hydroxylation sites is 3. The van der Waals surface area contributed by atoms with E-state index in [0.717, 1.165) is 44.7 Å². The van der Waals surface area contributed by atoms with E-state index in [4.69, 9.17) is 4.42 Å². The molecule has 1 aliphatic carbocycles. The van der Waals surface area contributed by atoms with Crippen molar-refractivity contribution in [2.45, 2.75) is 5.41 Å². The summed E-state index contributed by atoms with van der Waals surface area (Å²) in [4.78, 5) is 2.40. The largest absolute Gasteiger partial charge is 0.456 e. The van der Waals surface area contributed by atoms with Crippen LogP contribution >= 0.6 is 0 Å². The van der Waals surface area contributed by atoms with Crippen molar-refractivity contribution in [3.05, 3.63) is 241 Å². The van der Waals surface area contributed by atoms with Gasteiger partial charge in [-0.25, -0.2) is 0 Å². The number of nitrogens with zero attached hydrogens (tertiary/aromatic N) is 2. The molecule has 58 heavy (non-hydrogen) atoms. The molecule has 0 aliphatic heterocycles. The van der Waals surface area contributed by atoms with Crippen LogP contribution in [0.4, 0.5) is 17.1 Å². The van der Waals surface area contributed by atoms with E-state index in [1.54, 1.807) is 0 Å². The molecule has 3 nitrogen and oxygen atoms in total. The second-order valence-electron chi connectivity index (χ2n) is 15.3. The topological polar surface area (TPSA) is 21.3 Å². The number of aromatic nitrogens is 1. The molecule has 11 aromatic rings. The number of benzene rings is 9. The molecule has 0 spiro atoms. The lowest BCUT2D eigenvalue weighted by Crippen LogP contribution is -2.28. The van der Waals surface area contributed by atoms with Crippen molar-refractivity contribution in [2.24, 2.45) is 0 Å². The maximum atomic E-state index is 6.52. The third-order valence-electron chi connectivity index (χ3n) is 12.2. The van der Waals surface area contributed by atoms with Crippen LogP contribution in [0.2, 0.25) is 0 Å². The average Bonchev–Trinajstić information content (AvgIpc) is 3.93. The lowest BCUT2D eigenvalue weighted by Gasteiger charge is -2.35. The second-order valence-corrected chi connectivity index (χ2v) is 15.3. The summed E-state index contributed by atoms with van der Waals surface area (Å²) in [6.07, 6.45) is 0. The maximum absolute atomic E-state index is 6.52. The number of rotatable bonds is 6. The van der Waals surface area contributed by atoms with Gasteiger partial charge in [-0.05, 0) is 100 Å². The Morgan fingerprint density at radius 1 is 0.362 bits per heavy atom. The Kier molecular flexibility index (Phi) is 7.14. The molecule has 0 atom stereocenters. The minimum Gasteiger partial charge on any atom is -0.456 e. The van der Waals surface area contributed by atoms with Gasteiger partial charge in [0.2, 0.25) is 0 Å². The molecule has 0 radical (unpaired) electrons. The minimum absolute atomic E-state index is 0.522. The van der Waals surface area contributed by atoms with E-state index in [1.807, 2.05) is 12.1 Å². The monoisotopic (exact) mass is 740 g/mol. The molecule has 2 heterocycles. The van der Waals surface area contributed by atoms with Gasteiger partial charge in [0.05, 0.1) is 16.4 Å². The maximum Gasteiger partial charge on any atom is 0.137 e. The van der Waals surface area contributed by atoms with Crippen LogP contribution in [0.1, 0.15) is 22.3 Å². The van der Waals surface area contributed by atoms with Crippen molar-refractivity contribution in [3.8, 4) is 16.8 Å². The lowest BCUT2D eigenvalue weighted by molar-refractivity contribution is 0.669. The summed E-state index contributed by atoms with van der Waals surface area (Å²) in [5.74, 6) is 0. The molecule has 0 bridgehead atoms. The summed E-state index contributed by atoms with van der Waals surface area (Å²) < 4.78 is 8.90. The van der Waals surface area contributed by atoms with Gasteiger partial charge in [0.25, 0.3) is 0 Å². The quantitative estimate of drug-likeness (QED) is 0.169. The van der Waals surface area contributed by atoms with Crippen LogP contribution in [0.15, 0.2) is 223 Å². The minimum atomic E-state index is -0.522. The average molecular weight is 741 g/mol. The molecule has 0 saturated heterocycles. The Labute approximate surface area is 336 Å². The highest BCUT2D eigenvalue weighted by Crippen LogP contribution is 2.56. The molecule has 2 aromatic heterocycles. The number of hydrogen-bond acceptors (Lipinski definition) is 2. The summed E-state index contributed by atoms with van der Waals surface area (Å²) >= 11 is 0. The summed E-state index contributed by atoms with van der Waals surface area (Å²) in [7, 11) is 0. The van der Waals surface area contributed by atoms with Gasteiger partial charge in [-0.15, -0.1) is 0 Å². The Hall–Kier alpha value is -7.62. The lowest BCUT2D eigenvalue weighted by atomic mass is 9.67. The first kappa shape index (κ1) is 32.6. The van der Waals surface area contributed by atoms with E-state index in [0.29, 0.717) is 0 Å². The number of hydrogen-bond donors (Lipinski definition) is 0. The van der Waals surface area contributed by atoms with Crippen molar-refractivity contribution in [2.75, 3.05) is 4.90 Å². The van der Waals surface area contributed by atoms with E-state index in [2.05, 4.69) is 216 Å². The molecule has 0 N–H and O–H groups in total. The van der Waals surface area contributed by atoms with Gasteiger partial charge in [-0.3, -0.25) is 0 Å². The molecule has 0 amide bonds. The molecule has 3 heteroatoms. The van der Waals surface area contributed by atoms with Crippen molar-refractivity contribution in [3.63, 3.8) is 0 Å². The fourth-order valence-electron chi connectivity index (χ4n) is 9.85. The summed E-state index contributed by atoms with van der Waals surface area (Å²) in [5.41, 5.74) is 15.5. The van der Waals surface area contributed by atoms with E-state index in [-0.39, 0.29) is 0 Å². The molecule has 0 saturated carbocycles. The van der Waals surface area contributed by atoms with Gasteiger partial charge < -0.3 is 13.9 Å². The molecule has 0 fully saturated rings. The van der Waals surface area contributed by atoms with Crippen LogP contribution in [0, 0.1) is 0 Å². The van der Waals surface area contributed by atoms with Crippen LogP contribution in [0.5, 0.6) is 0 Å². The highest BCUT2D eigenvalue weighted by Gasteiger charge is 2.46. The first-order valence-electron chi connectivity index (χ1n) is 19.9. The molecule has 272 valence electrons. The highest BCUT2D eigenvalue weighted by molar-refractivity contribution is 6.11. The SMILES string of the molecule is c1ccc(-n2c3ccccc3c3cc(N(c4cccc(C5(c6ccccc6)c6ccccc6-c6ccccc65)c4)c4ccc5c(c4)oc4ccccc45)ccc32)cc1. The third-order valence-corrected chi connectivity index (χ3v) is 12.2. The number of furan rings is 1. The predicted molar refractivity (Wildman–Crippen MR) is 240 cm³/mol. The third kappa shape index (κ3) is 4.68. The van der Waals surface area contributed by atoms with Gasteiger partial charge in [0.1, 0.15) is 11.2 Å². The Morgan fingerprint density at radius 2 is 0.931 bits per heavy atom. The molecule has 9 aromatic carbocycles. The molecular formula is C55H36N2O. The molecule has 0 unspecified atom stereocenters. The standard InChI is InChI=1S/C55H36N2O/c1-3-16-37(17-4-1)55(49-26-11-7-22-43(49)44-23-8-12-27-50(44)55)38-18-15-21-40(34-38)56(42-30-32-47-46-25-10-14-29-53(46)58-54(47)36-42)41-31-33-52-48(35-41)45-24-9-13-28-51(45)57(52)39-19-5-2-6-20-39/h1-36H. The smallest absolute Gasteiger partial charge is 0.137 e. The molecular weight excluding hydrogens is 705 g/mol. The van der Waals surface area contributed by atoms with Crippen molar-refractivity contribution in [1.82, 2.24) is 4.57 Å². The fourth-order valence-corrected chi connectivity index (χ4v) is 9.85. The van der Waals surface area contributed by atoms with Crippen molar-refractivity contribution < 1.29 is 4.42 Å². The van der Waals surface area contributed by atoms with E-state index < -0.39 is 5.41 Å². The summed E-state index contributed by atoms with van der Waals surface area (Å²) in [6, 6.07) is 79.3. The summed E-state index contributed by atoms with van der Waals surface area (Å²) in [6.45, 7) is 0. The van der Waals surface area contributed by atoms with Gasteiger partial charge in [0.15, 0.2) is 0 Å². The zero-order valence-corrected chi connectivity index (χ0v) is 31.6. The Bertz CT molecular complexity index is 3310. The second kappa shape index (κ2) is 12.7. The molecule has 1 aliphatic rings. The Balaban J connectivity index is 1.12. The van der Waals surface area contributed by atoms with Crippen molar-refractivity contribution >= 4 is 60.8 Å². The van der Waals surface area contributed by atoms with Crippen LogP contribution in [-0.2, 0) is 5.41 Å².